The van der Waals surface area contributed by atoms with E-state index in [9.17, 15) is 0 Å². The summed E-state index contributed by atoms with van der Waals surface area (Å²) >= 11 is 0. The van der Waals surface area contributed by atoms with Crippen molar-refractivity contribution in [2.24, 2.45) is 5.92 Å². The van der Waals surface area contributed by atoms with E-state index >= 15 is 0 Å². The minimum atomic E-state index is 0.666. The predicted octanol–water partition coefficient (Wildman–Crippen LogP) is 2.19. The molecule has 1 aromatic heterocycles. The van der Waals surface area contributed by atoms with E-state index < -0.39 is 0 Å². The lowest BCUT2D eigenvalue weighted by Crippen LogP contribution is -2.22. The summed E-state index contributed by atoms with van der Waals surface area (Å²) in [5.41, 5.74) is 2.80. The van der Waals surface area contributed by atoms with E-state index in [2.05, 4.69) is 29.1 Å². The summed E-state index contributed by atoms with van der Waals surface area (Å²) in [7, 11) is 2.23. The SMILES string of the molecule is CN1CC2CC(c3cccnc3)=CC1C2. The molecule has 1 aliphatic heterocycles. The molecule has 3 rings (SSSR count). The smallest absolute Gasteiger partial charge is 0.0342 e. The number of nitrogens with zero attached hydrogens (tertiary/aromatic N) is 2. The lowest BCUT2D eigenvalue weighted by atomic mass is 9.87. The first-order valence-corrected chi connectivity index (χ1v) is 5.64. The second kappa shape index (κ2) is 3.46. The number of hydrogen-bond donors (Lipinski definition) is 0. The van der Waals surface area contributed by atoms with E-state index in [1.165, 1.54) is 30.5 Å². The van der Waals surface area contributed by atoms with Gasteiger partial charge in [0, 0.05) is 25.0 Å². The third-order valence-corrected chi connectivity index (χ3v) is 3.62. The second-order valence-electron chi connectivity index (χ2n) is 4.75. The Kier molecular flexibility index (Phi) is 2.10. The zero-order valence-electron chi connectivity index (χ0n) is 9.06. The summed E-state index contributed by atoms with van der Waals surface area (Å²) in [6.07, 6.45) is 8.83. The van der Waals surface area contributed by atoms with Crippen molar-refractivity contribution >= 4 is 5.57 Å². The van der Waals surface area contributed by atoms with Crippen LogP contribution in [0.3, 0.4) is 0 Å². The molecule has 2 unspecified atom stereocenters. The Morgan fingerprint density at radius 2 is 2.40 bits per heavy atom. The summed E-state index contributed by atoms with van der Waals surface area (Å²) < 4.78 is 0. The first kappa shape index (κ1) is 9.10. The molecule has 0 aromatic carbocycles. The van der Waals surface area contributed by atoms with Crippen LogP contribution in [0, 0.1) is 5.92 Å². The molecule has 78 valence electrons. The molecule has 0 radical (unpaired) electrons. The van der Waals surface area contributed by atoms with E-state index in [0.29, 0.717) is 6.04 Å². The van der Waals surface area contributed by atoms with E-state index in [-0.39, 0.29) is 0 Å². The highest BCUT2D eigenvalue weighted by atomic mass is 15.2. The molecule has 1 fully saturated rings. The van der Waals surface area contributed by atoms with Crippen LogP contribution in [0.2, 0.25) is 0 Å². The minimum absolute atomic E-state index is 0.666. The first-order chi connectivity index (χ1) is 7.33. The molecule has 1 saturated heterocycles. The van der Waals surface area contributed by atoms with Gasteiger partial charge in [0.1, 0.15) is 0 Å². The van der Waals surface area contributed by atoms with Crippen LogP contribution in [0.25, 0.3) is 5.57 Å². The maximum atomic E-state index is 4.19. The third-order valence-electron chi connectivity index (χ3n) is 3.62. The zero-order chi connectivity index (χ0) is 10.3. The number of rotatable bonds is 1. The number of allylic oxidation sites excluding steroid dienone is 1. The molecule has 2 aliphatic rings. The van der Waals surface area contributed by atoms with Crippen molar-refractivity contribution in [1.29, 1.82) is 0 Å². The van der Waals surface area contributed by atoms with Gasteiger partial charge in [0.15, 0.2) is 0 Å². The van der Waals surface area contributed by atoms with Crippen LogP contribution in [-0.2, 0) is 0 Å². The van der Waals surface area contributed by atoms with Crippen molar-refractivity contribution in [2.45, 2.75) is 18.9 Å². The maximum Gasteiger partial charge on any atom is 0.0342 e. The fourth-order valence-electron chi connectivity index (χ4n) is 2.86. The molecule has 0 N–H and O–H groups in total. The average molecular weight is 200 g/mol. The highest BCUT2D eigenvalue weighted by Crippen LogP contribution is 2.37. The molecule has 2 nitrogen and oxygen atoms in total. The lowest BCUT2D eigenvalue weighted by Gasteiger charge is -2.19. The highest BCUT2D eigenvalue weighted by molar-refractivity contribution is 5.67. The van der Waals surface area contributed by atoms with Crippen molar-refractivity contribution in [3.63, 3.8) is 0 Å². The fourth-order valence-corrected chi connectivity index (χ4v) is 2.86. The van der Waals surface area contributed by atoms with Crippen LogP contribution in [0.4, 0.5) is 0 Å². The molecule has 1 aliphatic carbocycles. The summed E-state index contributed by atoms with van der Waals surface area (Å²) in [6, 6.07) is 4.86. The van der Waals surface area contributed by atoms with Crippen LogP contribution in [-0.4, -0.2) is 29.5 Å². The van der Waals surface area contributed by atoms with E-state index in [0.717, 1.165) is 5.92 Å². The summed E-state index contributed by atoms with van der Waals surface area (Å²) in [4.78, 5) is 6.66. The molecule has 2 heteroatoms. The molecular formula is C13H16N2. The Bertz CT molecular complexity index is 383. The van der Waals surface area contributed by atoms with Gasteiger partial charge in [-0.05, 0) is 43.0 Å². The number of likely N-dealkylation sites (N-methyl/N-ethyl adjacent to an activating group) is 1. The van der Waals surface area contributed by atoms with Gasteiger partial charge in [-0.25, -0.2) is 0 Å². The van der Waals surface area contributed by atoms with Gasteiger partial charge in [-0.3, -0.25) is 9.88 Å². The van der Waals surface area contributed by atoms with Crippen molar-refractivity contribution in [1.82, 2.24) is 9.88 Å². The monoisotopic (exact) mass is 200 g/mol. The fraction of sp³-hybridized carbons (Fsp3) is 0.462. The molecule has 15 heavy (non-hydrogen) atoms. The Labute approximate surface area is 90.6 Å². The molecule has 0 amide bonds. The molecule has 2 heterocycles. The van der Waals surface area contributed by atoms with Gasteiger partial charge >= 0.3 is 0 Å². The lowest BCUT2D eigenvalue weighted by molar-refractivity contribution is 0.354. The predicted molar refractivity (Wildman–Crippen MR) is 61.4 cm³/mol. The van der Waals surface area contributed by atoms with Gasteiger partial charge in [0.25, 0.3) is 0 Å². The number of pyridine rings is 1. The van der Waals surface area contributed by atoms with Crippen molar-refractivity contribution < 1.29 is 0 Å². The third kappa shape index (κ3) is 1.59. The molecule has 2 atom stereocenters. The summed E-state index contributed by atoms with van der Waals surface area (Å²) in [5.74, 6) is 0.861. The van der Waals surface area contributed by atoms with Gasteiger partial charge in [0.05, 0.1) is 0 Å². The minimum Gasteiger partial charge on any atom is -0.300 e. The maximum absolute atomic E-state index is 4.19. The highest BCUT2D eigenvalue weighted by Gasteiger charge is 2.32. The Morgan fingerprint density at radius 3 is 3.13 bits per heavy atom. The molecule has 0 saturated carbocycles. The summed E-state index contributed by atoms with van der Waals surface area (Å²) in [5, 5.41) is 0. The Balaban J connectivity index is 1.93. The van der Waals surface area contributed by atoms with Crippen LogP contribution in [0.1, 0.15) is 18.4 Å². The normalized spacial score (nSPS) is 30.3. The van der Waals surface area contributed by atoms with Crippen molar-refractivity contribution in [3.8, 4) is 0 Å². The standard InChI is InChI=1S/C13H16N2/c1-15-9-10-5-12(7-13(15)6-10)11-3-2-4-14-8-11/h2-4,7-8,10,13H,5-6,9H2,1H3. The van der Waals surface area contributed by atoms with Crippen LogP contribution in [0.5, 0.6) is 0 Å². The van der Waals surface area contributed by atoms with E-state index in [1.807, 2.05) is 18.5 Å². The number of aromatic nitrogens is 1. The molecule has 0 spiro atoms. The van der Waals surface area contributed by atoms with Crippen LogP contribution >= 0.6 is 0 Å². The second-order valence-corrected chi connectivity index (χ2v) is 4.75. The van der Waals surface area contributed by atoms with E-state index in [4.69, 9.17) is 0 Å². The molecule has 2 bridgehead atoms. The number of fused-ring (bicyclic) bond motifs is 2. The van der Waals surface area contributed by atoms with Gasteiger partial charge in [-0.15, -0.1) is 0 Å². The van der Waals surface area contributed by atoms with Gasteiger partial charge in [0.2, 0.25) is 0 Å². The Morgan fingerprint density at radius 1 is 1.47 bits per heavy atom. The largest absolute Gasteiger partial charge is 0.300 e. The topological polar surface area (TPSA) is 16.1 Å². The number of likely N-dealkylation sites (tertiary alicyclic amines) is 1. The van der Waals surface area contributed by atoms with Crippen LogP contribution in [0.15, 0.2) is 30.6 Å². The van der Waals surface area contributed by atoms with Crippen molar-refractivity contribution in [3.05, 3.63) is 36.2 Å². The average Bonchev–Trinajstić information content (AvgIpc) is 2.54. The molecule has 1 aromatic rings. The van der Waals surface area contributed by atoms with Gasteiger partial charge in [-0.2, -0.15) is 0 Å². The van der Waals surface area contributed by atoms with Crippen molar-refractivity contribution in [2.75, 3.05) is 13.6 Å². The quantitative estimate of drug-likeness (QED) is 0.691. The molecular weight excluding hydrogens is 184 g/mol. The van der Waals surface area contributed by atoms with E-state index in [1.54, 1.807) is 0 Å². The van der Waals surface area contributed by atoms with Crippen LogP contribution < -0.4 is 0 Å². The van der Waals surface area contributed by atoms with Gasteiger partial charge < -0.3 is 0 Å². The number of hydrogen-bond acceptors (Lipinski definition) is 2. The first-order valence-electron chi connectivity index (χ1n) is 5.64. The zero-order valence-corrected chi connectivity index (χ0v) is 9.06. The van der Waals surface area contributed by atoms with Gasteiger partial charge in [-0.1, -0.05) is 12.1 Å². The summed E-state index contributed by atoms with van der Waals surface area (Å²) in [6.45, 7) is 1.25. The Hall–Kier alpha value is -1.15.